The van der Waals surface area contributed by atoms with E-state index in [1.165, 1.54) is 24.4 Å². The average molecular weight is 362 g/mol. The third-order valence-electron chi connectivity index (χ3n) is 4.33. The van der Waals surface area contributed by atoms with Gasteiger partial charge in [0.25, 0.3) is 5.56 Å². The molecule has 0 bridgehead atoms. The first-order chi connectivity index (χ1) is 12.1. The van der Waals surface area contributed by atoms with Gasteiger partial charge in [-0.05, 0) is 17.5 Å². The summed E-state index contributed by atoms with van der Waals surface area (Å²) < 4.78 is 5.00. The quantitative estimate of drug-likeness (QED) is 0.788. The summed E-state index contributed by atoms with van der Waals surface area (Å²) in [6.07, 6.45) is 1.74. The number of carboxylic acid groups (broad SMARTS) is 1. The Bertz CT molecular complexity index is 791. The number of hydrogen-bond acceptors (Lipinski definition) is 5. The van der Waals surface area contributed by atoms with Crippen LogP contribution in [0.3, 0.4) is 0 Å². The number of nitrogens with zero attached hydrogens (tertiary/aromatic N) is 1. The molecule has 2 N–H and O–H groups in total. The van der Waals surface area contributed by atoms with Crippen LogP contribution in [-0.4, -0.2) is 45.5 Å². The van der Waals surface area contributed by atoms with Gasteiger partial charge in [0.05, 0.1) is 5.92 Å². The number of ether oxygens (including phenoxy) is 1. The van der Waals surface area contributed by atoms with Crippen LogP contribution in [0.1, 0.15) is 32.4 Å². The standard InChI is InChI=1S/C18H22N2O6/c1-5-9-26-17(25)20-12(10-7-6-8-19-15(10)22)14(21)11(18(2,3)4)13(20)16(23)24/h5-8,11-13H,1,9H2,2-4H3,(H,19,22)(H,23,24)/t11-,12+,13+/m1/s1. The van der Waals surface area contributed by atoms with Crippen molar-refractivity contribution >= 4 is 17.8 Å². The number of aromatic amines is 1. The van der Waals surface area contributed by atoms with Gasteiger partial charge in [-0.15, -0.1) is 0 Å². The molecule has 140 valence electrons. The van der Waals surface area contributed by atoms with E-state index in [1.54, 1.807) is 20.8 Å². The molecule has 26 heavy (non-hydrogen) atoms. The predicted octanol–water partition coefficient (Wildman–Crippen LogP) is 1.74. The van der Waals surface area contributed by atoms with Crippen molar-refractivity contribution < 1.29 is 24.2 Å². The lowest BCUT2D eigenvalue weighted by molar-refractivity contribution is -0.145. The van der Waals surface area contributed by atoms with Gasteiger partial charge in [0.15, 0.2) is 5.78 Å². The maximum Gasteiger partial charge on any atom is 0.411 e. The van der Waals surface area contributed by atoms with Gasteiger partial charge in [-0.25, -0.2) is 9.59 Å². The Labute approximate surface area is 150 Å². The van der Waals surface area contributed by atoms with Crippen LogP contribution in [-0.2, 0) is 14.3 Å². The van der Waals surface area contributed by atoms with Gasteiger partial charge in [-0.2, -0.15) is 0 Å². The van der Waals surface area contributed by atoms with Crippen molar-refractivity contribution in [3.05, 3.63) is 46.9 Å². The van der Waals surface area contributed by atoms with Gasteiger partial charge < -0.3 is 14.8 Å². The van der Waals surface area contributed by atoms with Crippen molar-refractivity contribution in [1.82, 2.24) is 9.88 Å². The van der Waals surface area contributed by atoms with E-state index in [-0.39, 0.29) is 12.2 Å². The topological polar surface area (TPSA) is 117 Å². The zero-order valence-electron chi connectivity index (χ0n) is 14.9. The molecule has 1 fully saturated rings. The molecule has 0 aliphatic carbocycles. The molecule has 0 saturated carbocycles. The number of carbonyl (C=O) groups is 3. The molecule has 2 rings (SSSR count). The summed E-state index contributed by atoms with van der Waals surface area (Å²) >= 11 is 0. The van der Waals surface area contributed by atoms with Gasteiger partial charge in [-0.1, -0.05) is 33.4 Å². The lowest BCUT2D eigenvalue weighted by Crippen LogP contribution is -2.47. The molecular weight excluding hydrogens is 340 g/mol. The Morgan fingerprint density at radius 2 is 2.04 bits per heavy atom. The number of carbonyl (C=O) groups excluding carboxylic acids is 2. The number of Topliss-reactive ketones (excluding diaryl/α,β-unsaturated/α-hetero) is 1. The molecule has 2 heterocycles. The Balaban J connectivity index is 2.65. The number of H-pyrrole nitrogens is 1. The fourth-order valence-electron chi connectivity index (χ4n) is 3.32. The fraction of sp³-hybridized carbons (Fsp3) is 0.444. The van der Waals surface area contributed by atoms with Crippen LogP contribution in [0.5, 0.6) is 0 Å². The molecule has 1 aliphatic heterocycles. The summed E-state index contributed by atoms with van der Waals surface area (Å²) in [6, 6.07) is 0.142. The van der Waals surface area contributed by atoms with E-state index in [0.29, 0.717) is 0 Å². The van der Waals surface area contributed by atoms with E-state index in [0.717, 1.165) is 4.90 Å². The van der Waals surface area contributed by atoms with Crippen molar-refractivity contribution in [3.8, 4) is 0 Å². The van der Waals surface area contributed by atoms with E-state index in [9.17, 15) is 24.3 Å². The van der Waals surface area contributed by atoms with Gasteiger partial charge in [0.2, 0.25) is 0 Å². The molecule has 0 radical (unpaired) electrons. The Hall–Kier alpha value is -2.90. The second-order valence-electron chi connectivity index (χ2n) is 7.16. The predicted molar refractivity (Wildman–Crippen MR) is 92.6 cm³/mol. The van der Waals surface area contributed by atoms with Gasteiger partial charge >= 0.3 is 12.1 Å². The number of rotatable bonds is 4. The Morgan fingerprint density at radius 3 is 2.54 bits per heavy atom. The molecule has 0 spiro atoms. The molecule has 3 atom stereocenters. The van der Waals surface area contributed by atoms with Crippen LogP contribution in [0.4, 0.5) is 4.79 Å². The molecule has 1 saturated heterocycles. The van der Waals surface area contributed by atoms with Crippen molar-refractivity contribution in [2.24, 2.45) is 11.3 Å². The normalized spacial score (nSPS) is 23.0. The smallest absolute Gasteiger partial charge is 0.411 e. The minimum Gasteiger partial charge on any atom is -0.480 e. The molecule has 8 nitrogen and oxygen atoms in total. The number of carboxylic acids is 1. The highest BCUT2D eigenvalue weighted by molar-refractivity contribution is 6.00. The summed E-state index contributed by atoms with van der Waals surface area (Å²) in [5.41, 5.74) is -1.30. The molecule has 1 amide bonds. The molecule has 1 aliphatic rings. The number of hydrogen-bond donors (Lipinski definition) is 2. The van der Waals surface area contributed by atoms with Crippen LogP contribution in [0.15, 0.2) is 35.8 Å². The third-order valence-corrected chi connectivity index (χ3v) is 4.33. The largest absolute Gasteiger partial charge is 0.480 e. The van der Waals surface area contributed by atoms with Crippen LogP contribution < -0.4 is 5.56 Å². The van der Waals surface area contributed by atoms with Crippen LogP contribution in [0, 0.1) is 11.3 Å². The van der Waals surface area contributed by atoms with Crippen molar-refractivity contribution in [1.29, 1.82) is 0 Å². The van der Waals surface area contributed by atoms with E-state index in [2.05, 4.69) is 11.6 Å². The number of nitrogens with one attached hydrogen (secondary N) is 1. The SMILES string of the molecule is C=CCOC(=O)N1[C@@H](c2ccc[nH]c2=O)C(=O)[C@H](C(C)(C)C)[C@H]1C(=O)O. The monoisotopic (exact) mass is 362 g/mol. The Morgan fingerprint density at radius 1 is 1.38 bits per heavy atom. The van der Waals surface area contributed by atoms with Crippen molar-refractivity contribution in [2.75, 3.05) is 6.61 Å². The minimum absolute atomic E-state index is 0.00560. The second-order valence-corrected chi connectivity index (χ2v) is 7.16. The molecule has 0 unspecified atom stereocenters. The van der Waals surface area contributed by atoms with Crippen molar-refractivity contribution in [3.63, 3.8) is 0 Å². The summed E-state index contributed by atoms with van der Waals surface area (Å²) in [5, 5.41) is 9.74. The van der Waals surface area contributed by atoms with Crippen LogP contribution in [0.25, 0.3) is 0 Å². The molecule has 8 heteroatoms. The number of amides is 1. The van der Waals surface area contributed by atoms with Crippen LogP contribution in [0.2, 0.25) is 0 Å². The highest BCUT2D eigenvalue weighted by Gasteiger charge is 2.58. The van der Waals surface area contributed by atoms with E-state index >= 15 is 0 Å². The van der Waals surface area contributed by atoms with Crippen LogP contribution >= 0.6 is 0 Å². The highest BCUT2D eigenvalue weighted by Crippen LogP contribution is 2.44. The van der Waals surface area contributed by atoms with Gasteiger partial charge in [0, 0.05) is 11.8 Å². The number of pyridine rings is 1. The maximum absolute atomic E-state index is 13.1. The molecule has 0 aromatic carbocycles. The first kappa shape index (κ1) is 19.4. The zero-order chi connectivity index (χ0) is 19.6. The van der Waals surface area contributed by atoms with E-state index < -0.39 is 46.8 Å². The summed E-state index contributed by atoms with van der Waals surface area (Å²) in [6.45, 7) is 8.45. The van der Waals surface area contributed by atoms with Gasteiger partial charge in [0.1, 0.15) is 18.7 Å². The zero-order valence-corrected chi connectivity index (χ0v) is 14.9. The molecule has 1 aromatic rings. The first-order valence-corrected chi connectivity index (χ1v) is 8.11. The summed E-state index contributed by atoms with van der Waals surface area (Å²) in [5.74, 6) is -2.83. The summed E-state index contributed by atoms with van der Waals surface area (Å²) in [4.78, 5) is 53.1. The number of likely N-dealkylation sites (tertiary alicyclic amines) is 1. The van der Waals surface area contributed by atoms with Crippen molar-refractivity contribution in [2.45, 2.75) is 32.9 Å². The third kappa shape index (κ3) is 3.40. The lowest BCUT2D eigenvalue weighted by Gasteiger charge is -2.31. The second kappa shape index (κ2) is 7.15. The highest BCUT2D eigenvalue weighted by atomic mass is 16.6. The maximum atomic E-state index is 13.1. The summed E-state index contributed by atoms with van der Waals surface area (Å²) in [7, 11) is 0. The molecular formula is C18H22N2O6. The first-order valence-electron chi connectivity index (χ1n) is 8.11. The number of aromatic nitrogens is 1. The number of ketones is 1. The van der Waals surface area contributed by atoms with Gasteiger partial charge in [-0.3, -0.25) is 14.5 Å². The molecule has 1 aromatic heterocycles. The Kier molecular flexibility index (Phi) is 5.34. The fourth-order valence-corrected chi connectivity index (χ4v) is 3.32. The van der Waals surface area contributed by atoms with E-state index in [1.807, 2.05) is 0 Å². The minimum atomic E-state index is -1.44. The van der Waals surface area contributed by atoms with E-state index in [4.69, 9.17) is 4.74 Å². The average Bonchev–Trinajstić information content (AvgIpc) is 2.86. The lowest BCUT2D eigenvalue weighted by atomic mass is 9.74. The number of aliphatic carboxylic acids is 1.